The molecular formula is C14H22N4O2. The maximum Gasteiger partial charge on any atom is 0.224 e. The second-order valence-corrected chi connectivity index (χ2v) is 5.29. The maximum atomic E-state index is 8.88. The fourth-order valence-corrected chi connectivity index (χ4v) is 2.35. The Morgan fingerprint density at radius 1 is 1.50 bits per heavy atom. The molecule has 0 bridgehead atoms. The Bertz CT molecular complexity index is 500. The zero-order valence-corrected chi connectivity index (χ0v) is 12.1. The van der Waals surface area contributed by atoms with Crippen molar-refractivity contribution >= 4 is 5.84 Å². The lowest BCUT2D eigenvalue weighted by Crippen LogP contribution is -2.19. The van der Waals surface area contributed by atoms with E-state index in [-0.39, 0.29) is 5.84 Å². The molecule has 0 amide bonds. The smallest absolute Gasteiger partial charge is 0.224 e. The number of amidine groups is 1. The Balaban J connectivity index is 2.13. The maximum absolute atomic E-state index is 8.88. The van der Waals surface area contributed by atoms with Crippen LogP contribution in [0.3, 0.4) is 0 Å². The van der Waals surface area contributed by atoms with Crippen molar-refractivity contribution in [3.8, 4) is 5.88 Å². The fraction of sp³-hybridized carbons (Fsp3) is 0.571. The molecule has 0 unspecified atom stereocenters. The van der Waals surface area contributed by atoms with E-state index in [1.807, 2.05) is 20.2 Å². The normalized spacial score (nSPS) is 14.7. The van der Waals surface area contributed by atoms with Crippen LogP contribution in [0.5, 0.6) is 5.88 Å². The summed E-state index contributed by atoms with van der Waals surface area (Å²) in [4.78, 5) is 6.63. The molecular weight excluding hydrogens is 256 g/mol. The van der Waals surface area contributed by atoms with Crippen LogP contribution in [-0.2, 0) is 12.8 Å². The molecule has 20 heavy (non-hydrogen) atoms. The lowest BCUT2D eigenvalue weighted by Gasteiger charge is -2.13. The predicted octanol–water partition coefficient (Wildman–Crippen LogP) is 0.995. The number of pyridine rings is 1. The molecule has 1 aliphatic rings. The van der Waals surface area contributed by atoms with Crippen LogP contribution in [0.25, 0.3) is 0 Å². The standard InChI is InChI=1S/C14H22N4O2/c1-18(2)7-4-8-20-14-11(13(15)17-19)9-10-5-3-6-12(10)16-14/h9,19H,3-8H2,1-2H3,(H2,15,17). The Labute approximate surface area is 119 Å². The molecule has 1 aromatic heterocycles. The van der Waals surface area contributed by atoms with E-state index >= 15 is 0 Å². The van der Waals surface area contributed by atoms with Gasteiger partial charge in [-0.25, -0.2) is 4.98 Å². The van der Waals surface area contributed by atoms with Gasteiger partial charge in [0, 0.05) is 12.2 Å². The molecule has 1 aliphatic carbocycles. The molecule has 0 saturated carbocycles. The van der Waals surface area contributed by atoms with Gasteiger partial charge >= 0.3 is 0 Å². The minimum absolute atomic E-state index is 0.0507. The first-order chi connectivity index (χ1) is 9.61. The molecule has 0 aliphatic heterocycles. The van der Waals surface area contributed by atoms with Crippen molar-refractivity contribution in [2.75, 3.05) is 27.2 Å². The van der Waals surface area contributed by atoms with Crippen molar-refractivity contribution in [1.29, 1.82) is 0 Å². The van der Waals surface area contributed by atoms with Gasteiger partial charge in [0.05, 0.1) is 12.2 Å². The van der Waals surface area contributed by atoms with E-state index in [2.05, 4.69) is 15.0 Å². The average molecular weight is 278 g/mol. The first kappa shape index (κ1) is 14.6. The van der Waals surface area contributed by atoms with Gasteiger partial charge in [0.2, 0.25) is 5.88 Å². The quantitative estimate of drug-likeness (QED) is 0.266. The molecule has 0 atom stereocenters. The van der Waals surface area contributed by atoms with E-state index < -0.39 is 0 Å². The molecule has 110 valence electrons. The van der Waals surface area contributed by atoms with Gasteiger partial charge in [-0.15, -0.1) is 0 Å². The average Bonchev–Trinajstić information content (AvgIpc) is 2.88. The Kier molecular flexibility index (Phi) is 4.79. The first-order valence-electron chi connectivity index (χ1n) is 6.90. The summed E-state index contributed by atoms with van der Waals surface area (Å²) in [6, 6.07) is 1.94. The summed E-state index contributed by atoms with van der Waals surface area (Å²) in [5.74, 6) is 0.523. The van der Waals surface area contributed by atoms with Gasteiger partial charge < -0.3 is 20.6 Å². The minimum Gasteiger partial charge on any atom is -0.477 e. The lowest BCUT2D eigenvalue weighted by atomic mass is 10.1. The van der Waals surface area contributed by atoms with Crippen LogP contribution in [0.4, 0.5) is 0 Å². The van der Waals surface area contributed by atoms with E-state index in [0.29, 0.717) is 18.1 Å². The molecule has 6 heteroatoms. The summed E-state index contributed by atoms with van der Waals surface area (Å²) >= 11 is 0. The van der Waals surface area contributed by atoms with Gasteiger partial charge in [-0.2, -0.15) is 0 Å². The second-order valence-electron chi connectivity index (χ2n) is 5.29. The Morgan fingerprint density at radius 3 is 3.00 bits per heavy atom. The summed E-state index contributed by atoms with van der Waals surface area (Å²) in [5.41, 5.74) is 8.54. The summed E-state index contributed by atoms with van der Waals surface area (Å²) in [6.07, 6.45) is 3.97. The highest BCUT2D eigenvalue weighted by Gasteiger charge is 2.19. The zero-order valence-electron chi connectivity index (χ0n) is 12.1. The molecule has 0 aromatic carbocycles. The van der Waals surface area contributed by atoms with E-state index in [9.17, 15) is 0 Å². The number of aryl methyl sites for hydroxylation is 2. The molecule has 3 N–H and O–H groups in total. The highest BCUT2D eigenvalue weighted by molar-refractivity contribution is 5.99. The molecule has 6 nitrogen and oxygen atoms in total. The lowest BCUT2D eigenvalue weighted by molar-refractivity contribution is 0.271. The van der Waals surface area contributed by atoms with Crippen molar-refractivity contribution in [2.24, 2.45) is 10.9 Å². The molecule has 1 aromatic rings. The highest BCUT2D eigenvalue weighted by atomic mass is 16.5. The van der Waals surface area contributed by atoms with E-state index in [1.165, 1.54) is 5.56 Å². The number of rotatable bonds is 6. The molecule has 2 rings (SSSR count). The summed E-state index contributed by atoms with van der Waals surface area (Å²) in [6.45, 7) is 1.51. The number of hydrogen-bond acceptors (Lipinski definition) is 5. The number of ether oxygens (including phenoxy) is 1. The third-order valence-electron chi connectivity index (χ3n) is 3.39. The van der Waals surface area contributed by atoms with Crippen molar-refractivity contribution in [2.45, 2.75) is 25.7 Å². The highest BCUT2D eigenvalue weighted by Crippen LogP contribution is 2.26. The van der Waals surface area contributed by atoms with Crippen LogP contribution in [-0.4, -0.2) is 48.2 Å². The van der Waals surface area contributed by atoms with Crippen molar-refractivity contribution in [3.63, 3.8) is 0 Å². The van der Waals surface area contributed by atoms with Gasteiger partial charge in [0.1, 0.15) is 0 Å². The van der Waals surface area contributed by atoms with Gasteiger partial charge in [-0.3, -0.25) is 0 Å². The SMILES string of the molecule is CN(C)CCCOc1nc2c(cc1C(N)=NO)CCC2. The van der Waals surface area contributed by atoms with Crippen molar-refractivity contribution < 1.29 is 9.94 Å². The topological polar surface area (TPSA) is 84.0 Å². The third-order valence-corrected chi connectivity index (χ3v) is 3.39. The summed E-state index contributed by atoms with van der Waals surface area (Å²) in [7, 11) is 4.05. The van der Waals surface area contributed by atoms with Crippen LogP contribution < -0.4 is 10.5 Å². The third kappa shape index (κ3) is 3.39. The van der Waals surface area contributed by atoms with Crippen molar-refractivity contribution in [3.05, 3.63) is 22.9 Å². The summed E-state index contributed by atoms with van der Waals surface area (Å²) in [5, 5.41) is 11.9. The van der Waals surface area contributed by atoms with Gasteiger partial charge in [-0.1, -0.05) is 5.16 Å². The largest absolute Gasteiger partial charge is 0.477 e. The Hall–Kier alpha value is -1.82. The predicted molar refractivity (Wildman–Crippen MR) is 77.4 cm³/mol. The van der Waals surface area contributed by atoms with Crippen LogP contribution in [0.1, 0.15) is 29.7 Å². The molecule has 0 fully saturated rings. The van der Waals surface area contributed by atoms with Crippen molar-refractivity contribution in [1.82, 2.24) is 9.88 Å². The zero-order chi connectivity index (χ0) is 14.5. The van der Waals surface area contributed by atoms with Crippen LogP contribution in [0.2, 0.25) is 0 Å². The number of oxime groups is 1. The first-order valence-corrected chi connectivity index (χ1v) is 6.90. The molecule has 0 saturated heterocycles. The number of fused-ring (bicyclic) bond motifs is 1. The van der Waals surface area contributed by atoms with E-state index in [0.717, 1.165) is 37.9 Å². The van der Waals surface area contributed by atoms with Crippen LogP contribution in [0, 0.1) is 0 Å². The summed E-state index contributed by atoms with van der Waals surface area (Å²) < 4.78 is 5.73. The number of hydrogen-bond donors (Lipinski definition) is 2. The minimum atomic E-state index is 0.0507. The molecule has 1 heterocycles. The fourth-order valence-electron chi connectivity index (χ4n) is 2.35. The van der Waals surface area contributed by atoms with Gasteiger partial charge in [-0.05, 0) is 51.4 Å². The number of nitrogens with zero attached hydrogens (tertiary/aromatic N) is 3. The molecule has 0 spiro atoms. The van der Waals surface area contributed by atoms with Crippen LogP contribution in [0.15, 0.2) is 11.2 Å². The number of aromatic nitrogens is 1. The van der Waals surface area contributed by atoms with Gasteiger partial charge in [0.25, 0.3) is 0 Å². The van der Waals surface area contributed by atoms with E-state index in [4.69, 9.17) is 15.7 Å². The van der Waals surface area contributed by atoms with Gasteiger partial charge in [0.15, 0.2) is 5.84 Å². The molecule has 0 radical (unpaired) electrons. The second kappa shape index (κ2) is 6.56. The monoisotopic (exact) mass is 278 g/mol. The van der Waals surface area contributed by atoms with Crippen LogP contribution >= 0.6 is 0 Å². The Morgan fingerprint density at radius 2 is 2.30 bits per heavy atom. The number of nitrogens with two attached hydrogens (primary N) is 1. The van der Waals surface area contributed by atoms with E-state index in [1.54, 1.807) is 0 Å².